The highest BCUT2D eigenvalue weighted by Gasteiger charge is 2.16. The van der Waals surface area contributed by atoms with Gasteiger partial charge in [0.05, 0.1) is 24.0 Å². The molecule has 0 bridgehead atoms. The molecule has 2 aromatic heterocycles. The molecule has 2 heterocycles. The minimum absolute atomic E-state index is 0.0692. The van der Waals surface area contributed by atoms with Crippen LogP contribution in [0.15, 0.2) is 53.7 Å². The van der Waals surface area contributed by atoms with Crippen LogP contribution in [-0.4, -0.2) is 23.5 Å². The zero-order valence-corrected chi connectivity index (χ0v) is 11.8. The smallest absolute Gasteiger partial charge is 0.263 e. The number of aromatic nitrogens is 2. The van der Waals surface area contributed by atoms with Gasteiger partial charge in [0.25, 0.3) is 10.0 Å². The van der Waals surface area contributed by atoms with Crippen molar-refractivity contribution in [1.82, 2.24) is 9.97 Å². The first-order valence-electron chi connectivity index (χ1n) is 6.24. The number of anilines is 1. The van der Waals surface area contributed by atoms with E-state index in [1.54, 1.807) is 6.07 Å². The van der Waals surface area contributed by atoms with Crippen molar-refractivity contribution >= 4 is 26.6 Å². The predicted octanol–water partition coefficient (Wildman–Crippen LogP) is 1.86. The third-order valence-corrected chi connectivity index (χ3v) is 4.40. The number of benzene rings is 1. The molecule has 3 rings (SSSR count). The van der Waals surface area contributed by atoms with Crippen molar-refractivity contribution in [2.75, 3.05) is 4.72 Å². The molecule has 3 aromatic rings. The van der Waals surface area contributed by atoms with E-state index in [0.717, 1.165) is 10.9 Å². The van der Waals surface area contributed by atoms with Crippen molar-refractivity contribution in [3.8, 4) is 0 Å². The van der Waals surface area contributed by atoms with Crippen LogP contribution in [0.1, 0.15) is 5.69 Å². The fourth-order valence-corrected chi connectivity index (χ4v) is 3.06. The van der Waals surface area contributed by atoms with Gasteiger partial charge in [-0.25, -0.2) is 8.42 Å². The minimum Gasteiger partial charge on any atom is -0.390 e. The molecule has 1 aromatic carbocycles. The average molecular weight is 303 g/mol. The number of rotatable bonds is 4. The van der Waals surface area contributed by atoms with Crippen LogP contribution in [0, 0.1) is 0 Å². The lowest BCUT2D eigenvalue weighted by Gasteiger charge is -2.07. The molecule has 0 fully saturated rings. The summed E-state index contributed by atoms with van der Waals surface area (Å²) in [5.74, 6) is 0. The lowest BCUT2D eigenvalue weighted by Crippen LogP contribution is -2.12. The lowest BCUT2D eigenvalue weighted by atomic mass is 10.2. The Morgan fingerprint density at radius 3 is 2.81 bits per heavy atom. The van der Waals surface area contributed by atoms with Gasteiger partial charge in [-0.3, -0.25) is 9.71 Å². The van der Waals surface area contributed by atoms with Crippen LogP contribution in [0.2, 0.25) is 0 Å². The van der Waals surface area contributed by atoms with Crippen LogP contribution in [0.4, 0.5) is 5.69 Å². The Hall–Kier alpha value is -2.38. The third-order valence-electron chi connectivity index (χ3n) is 3.04. The zero-order valence-electron chi connectivity index (χ0n) is 10.9. The first kappa shape index (κ1) is 13.6. The van der Waals surface area contributed by atoms with E-state index in [-0.39, 0.29) is 11.5 Å². The van der Waals surface area contributed by atoms with Crippen molar-refractivity contribution in [3.63, 3.8) is 0 Å². The molecule has 0 amide bonds. The highest BCUT2D eigenvalue weighted by molar-refractivity contribution is 7.92. The molecular weight excluding hydrogens is 290 g/mol. The van der Waals surface area contributed by atoms with Gasteiger partial charge in [-0.1, -0.05) is 18.2 Å². The first-order valence-corrected chi connectivity index (χ1v) is 7.72. The Kier molecular flexibility index (Phi) is 3.36. The molecule has 6 nitrogen and oxygen atoms in total. The van der Waals surface area contributed by atoms with E-state index in [2.05, 4.69) is 14.7 Å². The van der Waals surface area contributed by atoms with Crippen LogP contribution in [-0.2, 0) is 16.6 Å². The van der Waals surface area contributed by atoms with Gasteiger partial charge in [0.15, 0.2) is 0 Å². The molecule has 7 heteroatoms. The lowest BCUT2D eigenvalue weighted by molar-refractivity contribution is 0.277. The van der Waals surface area contributed by atoms with E-state index < -0.39 is 10.0 Å². The standard InChI is InChI=1S/C14H13N3O3S/c18-9-12-6-13(8-15-12)21(19,20)17-11-5-10-3-1-2-4-14(10)16-7-11/h1-8,15,17-18H,9H2. The van der Waals surface area contributed by atoms with Crippen LogP contribution in [0.25, 0.3) is 10.9 Å². The summed E-state index contributed by atoms with van der Waals surface area (Å²) in [5.41, 5.74) is 1.62. The van der Waals surface area contributed by atoms with Gasteiger partial charge in [-0.05, 0) is 18.2 Å². The molecule has 0 aliphatic rings. The number of H-pyrrole nitrogens is 1. The topological polar surface area (TPSA) is 95.1 Å². The molecule has 108 valence electrons. The summed E-state index contributed by atoms with van der Waals surface area (Å²) in [5, 5.41) is 9.82. The van der Waals surface area contributed by atoms with Crippen molar-refractivity contribution in [1.29, 1.82) is 0 Å². The Labute approximate surface area is 121 Å². The van der Waals surface area contributed by atoms with E-state index in [9.17, 15) is 8.42 Å². The van der Waals surface area contributed by atoms with E-state index in [4.69, 9.17) is 5.11 Å². The summed E-state index contributed by atoms with van der Waals surface area (Å²) < 4.78 is 26.9. The number of hydrogen-bond donors (Lipinski definition) is 3. The summed E-state index contributed by atoms with van der Waals surface area (Å²) in [4.78, 5) is 6.97. The molecule has 0 atom stereocenters. The summed E-state index contributed by atoms with van der Waals surface area (Å²) in [6, 6.07) is 10.6. The number of pyridine rings is 1. The van der Waals surface area contributed by atoms with Gasteiger partial charge in [-0.2, -0.15) is 0 Å². The Morgan fingerprint density at radius 2 is 2.05 bits per heavy atom. The summed E-state index contributed by atoms with van der Waals surface area (Å²) >= 11 is 0. The highest BCUT2D eigenvalue weighted by Crippen LogP contribution is 2.20. The number of sulfonamides is 1. The number of nitrogens with zero attached hydrogens (tertiary/aromatic N) is 1. The Balaban J connectivity index is 1.93. The molecular formula is C14H13N3O3S. The summed E-state index contributed by atoms with van der Waals surface area (Å²) in [6.07, 6.45) is 2.81. The number of hydrogen-bond acceptors (Lipinski definition) is 4. The predicted molar refractivity (Wildman–Crippen MR) is 79.3 cm³/mol. The first-order chi connectivity index (χ1) is 10.1. The second-order valence-corrected chi connectivity index (χ2v) is 6.22. The van der Waals surface area contributed by atoms with Gasteiger partial charge >= 0.3 is 0 Å². The maximum atomic E-state index is 12.2. The number of nitrogens with one attached hydrogen (secondary N) is 2. The van der Waals surface area contributed by atoms with Gasteiger partial charge in [0.1, 0.15) is 4.90 Å². The van der Waals surface area contributed by atoms with Gasteiger partial charge in [-0.15, -0.1) is 0 Å². The van der Waals surface area contributed by atoms with Crippen LogP contribution in [0.3, 0.4) is 0 Å². The number of aliphatic hydroxyl groups excluding tert-OH is 1. The second-order valence-electron chi connectivity index (χ2n) is 4.54. The zero-order chi connectivity index (χ0) is 14.9. The van der Waals surface area contributed by atoms with E-state index in [0.29, 0.717) is 11.4 Å². The molecule has 0 saturated heterocycles. The van der Waals surface area contributed by atoms with Gasteiger partial charge in [0.2, 0.25) is 0 Å². The molecule has 0 radical (unpaired) electrons. The fourth-order valence-electron chi connectivity index (χ4n) is 2.01. The van der Waals surface area contributed by atoms with E-state index in [1.807, 2.05) is 24.3 Å². The average Bonchev–Trinajstić information content (AvgIpc) is 2.96. The Morgan fingerprint density at radius 1 is 1.24 bits per heavy atom. The normalized spacial score (nSPS) is 11.7. The molecule has 0 aliphatic heterocycles. The largest absolute Gasteiger partial charge is 0.390 e. The fraction of sp³-hybridized carbons (Fsp3) is 0.0714. The minimum atomic E-state index is -3.70. The van der Waals surface area contributed by atoms with Crippen molar-refractivity contribution in [3.05, 3.63) is 54.5 Å². The van der Waals surface area contributed by atoms with Crippen molar-refractivity contribution in [2.24, 2.45) is 0 Å². The number of fused-ring (bicyclic) bond motifs is 1. The van der Waals surface area contributed by atoms with Crippen molar-refractivity contribution in [2.45, 2.75) is 11.5 Å². The molecule has 0 aliphatic carbocycles. The maximum absolute atomic E-state index is 12.2. The highest BCUT2D eigenvalue weighted by atomic mass is 32.2. The van der Waals surface area contributed by atoms with Gasteiger partial charge in [0, 0.05) is 17.3 Å². The second kappa shape index (κ2) is 5.19. The summed E-state index contributed by atoms with van der Waals surface area (Å²) in [6.45, 7) is -0.243. The monoisotopic (exact) mass is 303 g/mol. The maximum Gasteiger partial charge on any atom is 0.263 e. The molecule has 3 N–H and O–H groups in total. The summed E-state index contributed by atoms with van der Waals surface area (Å²) in [7, 11) is -3.70. The molecule has 0 spiro atoms. The van der Waals surface area contributed by atoms with Crippen LogP contribution >= 0.6 is 0 Å². The van der Waals surface area contributed by atoms with E-state index in [1.165, 1.54) is 18.5 Å². The van der Waals surface area contributed by atoms with Gasteiger partial charge < -0.3 is 10.1 Å². The molecule has 0 unspecified atom stereocenters. The van der Waals surface area contributed by atoms with Crippen molar-refractivity contribution < 1.29 is 13.5 Å². The number of aliphatic hydroxyl groups is 1. The van der Waals surface area contributed by atoms with E-state index >= 15 is 0 Å². The quantitative estimate of drug-likeness (QED) is 0.685. The Bertz CT molecular complexity index is 887. The molecule has 21 heavy (non-hydrogen) atoms. The number of para-hydroxylation sites is 1. The molecule has 0 saturated carbocycles. The van der Waals surface area contributed by atoms with Crippen LogP contribution < -0.4 is 4.72 Å². The van der Waals surface area contributed by atoms with Crippen LogP contribution in [0.5, 0.6) is 0 Å². The SMILES string of the molecule is O=S(=O)(Nc1cnc2ccccc2c1)c1c[nH]c(CO)c1. The number of aromatic amines is 1. The third kappa shape index (κ3) is 2.74.